The third-order valence-electron chi connectivity index (χ3n) is 3.29. The largest absolute Gasteiger partial charge is 0.493 e. The maximum Gasteiger partial charge on any atom is 0.161 e. The predicted octanol–water partition coefficient (Wildman–Crippen LogP) is 1.34. The van der Waals surface area contributed by atoms with Crippen LogP contribution in [0.15, 0.2) is 6.20 Å². The number of ether oxygens (including phenoxy) is 2. The summed E-state index contributed by atoms with van der Waals surface area (Å²) in [6.45, 7) is 4.55. The van der Waals surface area contributed by atoms with E-state index in [-0.39, 0.29) is 6.04 Å². The molecular formula is C12H21N3O2. The molecule has 1 saturated heterocycles. The Morgan fingerprint density at radius 2 is 2.53 bits per heavy atom. The van der Waals surface area contributed by atoms with Gasteiger partial charge in [-0.05, 0) is 12.8 Å². The van der Waals surface area contributed by atoms with Crippen molar-refractivity contribution in [2.75, 3.05) is 20.3 Å². The first-order valence-corrected chi connectivity index (χ1v) is 6.21. The Labute approximate surface area is 102 Å². The molecule has 0 amide bonds. The summed E-state index contributed by atoms with van der Waals surface area (Å²) in [5.41, 5.74) is 7.34. The highest BCUT2D eigenvalue weighted by molar-refractivity contribution is 5.28. The lowest BCUT2D eigenvalue weighted by atomic mass is 9.96. The Bertz CT molecular complexity index is 359. The van der Waals surface area contributed by atoms with Crippen molar-refractivity contribution >= 4 is 0 Å². The summed E-state index contributed by atoms with van der Waals surface area (Å²) in [7, 11) is 1.66. The first-order valence-electron chi connectivity index (χ1n) is 6.21. The van der Waals surface area contributed by atoms with E-state index in [0.717, 1.165) is 44.0 Å². The summed E-state index contributed by atoms with van der Waals surface area (Å²) in [6, 6.07) is -0.0542. The van der Waals surface area contributed by atoms with Crippen molar-refractivity contribution in [3.63, 3.8) is 0 Å². The van der Waals surface area contributed by atoms with Crippen molar-refractivity contribution in [2.45, 2.75) is 32.4 Å². The summed E-state index contributed by atoms with van der Waals surface area (Å²) in [5, 5.41) is 4.34. The topological polar surface area (TPSA) is 62.3 Å². The Kier molecular flexibility index (Phi) is 4.02. The molecule has 1 fully saturated rings. The van der Waals surface area contributed by atoms with Crippen LogP contribution in [0.2, 0.25) is 0 Å². The molecule has 1 aromatic rings. The molecule has 0 aliphatic carbocycles. The van der Waals surface area contributed by atoms with Crippen molar-refractivity contribution in [1.82, 2.24) is 9.78 Å². The van der Waals surface area contributed by atoms with E-state index in [0.29, 0.717) is 5.92 Å². The van der Waals surface area contributed by atoms with Crippen LogP contribution in [-0.2, 0) is 11.3 Å². The van der Waals surface area contributed by atoms with E-state index in [1.807, 2.05) is 4.68 Å². The smallest absolute Gasteiger partial charge is 0.161 e. The maximum absolute atomic E-state index is 6.33. The lowest BCUT2D eigenvalue weighted by Crippen LogP contribution is -2.25. The number of hydrogen-bond donors (Lipinski definition) is 1. The first kappa shape index (κ1) is 12.4. The Morgan fingerprint density at radius 1 is 1.71 bits per heavy atom. The van der Waals surface area contributed by atoms with Crippen LogP contribution in [0, 0.1) is 5.92 Å². The second-order valence-corrected chi connectivity index (χ2v) is 4.47. The normalized spacial score (nSPS) is 21.7. The minimum absolute atomic E-state index is 0.0542. The van der Waals surface area contributed by atoms with E-state index in [1.54, 1.807) is 13.3 Å². The highest BCUT2D eigenvalue weighted by Gasteiger charge is 2.29. The second kappa shape index (κ2) is 5.51. The Morgan fingerprint density at radius 3 is 3.12 bits per heavy atom. The van der Waals surface area contributed by atoms with Crippen molar-refractivity contribution in [2.24, 2.45) is 11.7 Å². The predicted molar refractivity (Wildman–Crippen MR) is 64.9 cm³/mol. The molecule has 1 aliphatic rings. The van der Waals surface area contributed by atoms with Crippen LogP contribution in [0.4, 0.5) is 0 Å². The number of rotatable bonds is 5. The van der Waals surface area contributed by atoms with Gasteiger partial charge in [-0.1, -0.05) is 6.92 Å². The Balaban J connectivity index is 2.23. The summed E-state index contributed by atoms with van der Waals surface area (Å²) >= 11 is 0. The van der Waals surface area contributed by atoms with Gasteiger partial charge < -0.3 is 15.2 Å². The number of nitrogens with two attached hydrogens (primary N) is 1. The van der Waals surface area contributed by atoms with Crippen LogP contribution in [-0.4, -0.2) is 30.1 Å². The molecule has 5 nitrogen and oxygen atoms in total. The summed E-state index contributed by atoms with van der Waals surface area (Å²) < 4.78 is 12.7. The number of aryl methyl sites for hydroxylation is 1. The van der Waals surface area contributed by atoms with E-state index in [2.05, 4.69) is 12.0 Å². The molecule has 2 unspecified atom stereocenters. The highest BCUT2D eigenvalue weighted by Crippen LogP contribution is 2.32. The fourth-order valence-electron chi connectivity index (χ4n) is 2.32. The number of nitrogens with zero attached hydrogens (tertiary/aromatic N) is 2. The molecule has 1 aliphatic heterocycles. The van der Waals surface area contributed by atoms with Gasteiger partial charge in [0.25, 0.3) is 0 Å². The molecule has 2 atom stereocenters. The van der Waals surface area contributed by atoms with Crippen LogP contribution < -0.4 is 10.5 Å². The van der Waals surface area contributed by atoms with Gasteiger partial charge in [0, 0.05) is 19.1 Å². The van der Waals surface area contributed by atoms with Crippen molar-refractivity contribution in [1.29, 1.82) is 0 Å². The monoisotopic (exact) mass is 239 g/mol. The minimum Gasteiger partial charge on any atom is -0.493 e. The van der Waals surface area contributed by atoms with E-state index < -0.39 is 0 Å². The molecule has 0 radical (unpaired) electrons. The molecule has 5 heteroatoms. The van der Waals surface area contributed by atoms with Crippen molar-refractivity contribution in [3.8, 4) is 5.75 Å². The molecule has 2 heterocycles. The van der Waals surface area contributed by atoms with E-state index in [9.17, 15) is 0 Å². The SMILES string of the molecule is CCCn1ncc(OC)c1C(N)C1CCOC1. The number of hydrogen-bond acceptors (Lipinski definition) is 4. The van der Waals surface area contributed by atoms with E-state index in [4.69, 9.17) is 15.2 Å². The lowest BCUT2D eigenvalue weighted by Gasteiger charge is -2.20. The third-order valence-corrected chi connectivity index (χ3v) is 3.29. The Hall–Kier alpha value is -1.07. The summed E-state index contributed by atoms with van der Waals surface area (Å²) in [5.74, 6) is 1.16. The van der Waals surface area contributed by atoms with Gasteiger partial charge in [-0.2, -0.15) is 5.10 Å². The molecule has 2 N–H and O–H groups in total. The van der Waals surface area contributed by atoms with Gasteiger partial charge in [-0.3, -0.25) is 4.68 Å². The highest BCUT2D eigenvalue weighted by atomic mass is 16.5. The van der Waals surface area contributed by atoms with Crippen LogP contribution in [0.1, 0.15) is 31.5 Å². The van der Waals surface area contributed by atoms with Crippen molar-refractivity contribution in [3.05, 3.63) is 11.9 Å². The standard InChI is InChI=1S/C12H21N3O2/c1-3-5-15-12(10(16-2)7-14-15)11(13)9-4-6-17-8-9/h7,9,11H,3-6,8,13H2,1-2H3. The molecule has 0 bridgehead atoms. The molecule has 0 spiro atoms. The molecule has 0 saturated carbocycles. The summed E-state index contributed by atoms with van der Waals surface area (Å²) in [6.07, 6.45) is 3.80. The molecule has 0 aromatic carbocycles. The molecule has 2 rings (SSSR count). The average molecular weight is 239 g/mol. The minimum atomic E-state index is -0.0542. The molecular weight excluding hydrogens is 218 g/mol. The second-order valence-electron chi connectivity index (χ2n) is 4.47. The molecule has 1 aromatic heterocycles. The van der Waals surface area contributed by atoms with Gasteiger partial charge in [-0.15, -0.1) is 0 Å². The zero-order valence-corrected chi connectivity index (χ0v) is 10.6. The maximum atomic E-state index is 6.33. The first-order chi connectivity index (χ1) is 8.27. The van der Waals surface area contributed by atoms with Gasteiger partial charge in [0.1, 0.15) is 0 Å². The molecule has 17 heavy (non-hydrogen) atoms. The van der Waals surface area contributed by atoms with Crippen molar-refractivity contribution < 1.29 is 9.47 Å². The zero-order valence-electron chi connectivity index (χ0n) is 10.6. The fraction of sp³-hybridized carbons (Fsp3) is 0.750. The average Bonchev–Trinajstić information content (AvgIpc) is 2.97. The van der Waals surface area contributed by atoms with Crippen LogP contribution in [0.3, 0.4) is 0 Å². The number of methoxy groups -OCH3 is 1. The molecule has 96 valence electrons. The lowest BCUT2D eigenvalue weighted by molar-refractivity contribution is 0.179. The van der Waals surface area contributed by atoms with Gasteiger partial charge in [0.05, 0.1) is 31.6 Å². The van der Waals surface area contributed by atoms with Gasteiger partial charge >= 0.3 is 0 Å². The van der Waals surface area contributed by atoms with Crippen LogP contribution in [0.25, 0.3) is 0 Å². The number of aromatic nitrogens is 2. The van der Waals surface area contributed by atoms with Crippen LogP contribution in [0.5, 0.6) is 5.75 Å². The van der Waals surface area contributed by atoms with E-state index in [1.165, 1.54) is 0 Å². The third kappa shape index (κ3) is 2.45. The summed E-state index contributed by atoms with van der Waals surface area (Å²) in [4.78, 5) is 0. The van der Waals surface area contributed by atoms with Gasteiger partial charge in [0.2, 0.25) is 0 Å². The quantitative estimate of drug-likeness (QED) is 0.842. The van der Waals surface area contributed by atoms with E-state index >= 15 is 0 Å². The fourth-order valence-corrected chi connectivity index (χ4v) is 2.32. The zero-order chi connectivity index (χ0) is 12.3. The van der Waals surface area contributed by atoms with Crippen LogP contribution >= 0.6 is 0 Å². The van der Waals surface area contributed by atoms with Gasteiger partial charge in [-0.25, -0.2) is 0 Å². The van der Waals surface area contributed by atoms with Gasteiger partial charge in [0.15, 0.2) is 5.75 Å².